The van der Waals surface area contributed by atoms with E-state index in [1.54, 1.807) is 22.8 Å². The molecule has 0 spiro atoms. The number of aliphatic hydroxyl groups excluding tert-OH is 1. The Morgan fingerprint density at radius 2 is 1.74 bits per heavy atom. The molecule has 2 N–H and O–H groups in total. The predicted octanol–water partition coefficient (Wildman–Crippen LogP) is 2.97. The molecule has 0 fully saturated rings. The van der Waals surface area contributed by atoms with E-state index >= 15 is 0 Å². The van der Waals surface area contributed by atoms with Gasteiger partial charge in [0.1, 0.15) is 5.76 Å². The number of ether oxygens (including phenoxy) is 2. The van der Waals surface area contributed by atoms with Crippen LogP contribution in [0.4, 0.5) is 0 Å². The first-order valence-electron chi connectivity index (χ1n) is 8.18. The lowest BCUT2D eigenvalue weighted by Gasteiger charge is -2.11. The molecule has 0 bridgehead atoms. The molecule has 2 aromatic carbocycles. The number of aliphatic hydroxyl groups is 1. The van der Waals surface area contributed by atoms with Crippen LogP contribution < -0.4 is 9.47 Å². The summed E-state index contributed by atoms with van der Waals surface area (Å²) in [6, 6.07) is 14.8. The van der Waals surface area contributed by atoms with Gasteiger partial charge >= 0.3 is 5.97 Å². The summed E-state index contributed by atoms with van der Waals surface area (Å²) in [7, 11) is 0. The number of carboxylic acids is 1. The van der Waals surface area contributed by atoms with Gasteiger partial charge in [0.05, 0.1) is 11.2 Å². The van der Waals surface area contributed by atoms with Crippen molar-refractivity contribution in [1.29, 1.82) is 0 Å². The van der Waals surface area contributed by atoms with Crippen molar-refractivity contribution in [3.8, 4) is 11.5 Å². The molecule has 2 heterocycles. The van der Waals surface area contributed by atoms with Crippen molar-refractivity contribution in [2.45, 2.75) is 6.54 Å². The largest absolute Gasteiger partial charge is 0.506 e. The fraction of sp³-hybridized carbons (Fsp3) is 0.100. The third kappa shape index (κ3) is 3.10. The van der Waals surface area contributed by atoms with Crippen LogP contribution in [0.1, 0.15) is 11.3 Å². The number of rotatable bonds is 5. The number of aromatic nitrogens is 1. The number of hydrogen-bond donors (Lipinski definition) is 2. The summed E-state index contributed by atoms with van der Waals surface area (Å²) in [4.78, 5) is 22.3. The van der Waals surface area contributed by atoms with Gasteiger partial charge < -0.3 is 24.3 Å². The van der Waals surface area contributed by atoms with Gasteiger partial charge in [-0.1, -0.05) is 30.3 Å². The molecule has 0 amide bonds. The highest BCUT2D eigenvalue weighted by atomic mass is 16.7. The molecule has 1 aliphatic heterocycles. The molecule has 27 heavy (non-hydrogen) atoms. The van der Waals surface area contributed by atoms with Gasteiger partial charge in [0.2, 0.25) is 6.79 Å². The van der Waals surface area contributed by atoms with E-state index in [0.29, 0.717) is 29.8 Å². The SMILES string of the molecule is O=C(O)C(=O)C=C(O)c1cc2cc3c(cc2n1Cc1ccccc1)OCO3. The molecule has 4 rings (SSSR count). The van der Waals surface area contributed by atoms with E-state index in [1.165, 1.54) is 0 Å². The highest BCUT2D eigenvalue weighted by Crippen LogP contribution is 2.38. The van der Waals surface area contributed by atoms with Crippen LogP contribution in [-0.2, 0) is 16.1 Å². The normalized spacial score (nSPS) is 13.1. The zero-order valence-corrected chi connectivity index (χ0v) is 14.1. The molecular formula is C20H15NO6. The maximum absolute atomic E-state index is 11.5. The van der Waals surface area contributed by atoms with Crippen molar-refractivity contribution >= 4 is 28.4 Å². The van der Waals surface area contributed by atoms with Gasteiger partial charge in [0.15, 0.2) is 11.5 Å². The molecule has 3 aromatic rings. The molecule has 0 unspecified atom stereocenters. The van der Waals surface area contributed by atoms with Crippen LogP contribution in [0.25, 0.3) is 16.7 Å². The lowest BCUT2D eigenvalue weighted by molar-refractivity contribution is -0.146. The first-order valence-corrected chi connectivity index (χ1v) is 8.18. The molecule has 0 saturated heterocycles. The average molecular weight is 365 g/mol. The number of ketones is 1. The van der Waals surface area contributed by atoms with Crippen molar-refractivity contribution in [1.82, 2.24) is 4.57 Å². The minimum absolute atomic E-state index is 0.145. The molecule has 7 heteroatoms. The first kappa shape index (κ1) is 16.7. The van der Waals surface area contributed by atoms with Crippen molar-refractivity contribution in [2.75, 3.05) is 6.79 Å². The second kappa shape index (κ2) is 6.53. The van der Waals surface area contributed by atoms with E-state index in [1.807, 2.05) is 30.3 Å². The molecule has 0 saturated carbocycles. The Balaban J connectivity index is 1.87. The number of carbonyl (C=O) groups excluding carboxylic acids is 1. The molecule has 136 valence electrons. The third-order valence-electron chi connectivity index (χ3n) is 4.32. The van der Waals surface area contributed by atoms with Gasteiger partial charge in [0, 0.05) is 24.1 Å². The van der Waals surface area contributed by atoms with Crippen molar-refractivity contribution in [3.05, 3.63) is 65.9 Å². The Bertz CT molecular complexity index is 1080. The van der Waals surface area contributed by atoms with Gasteiger partial charge in [-0.3, -0.25) is 4.79 Å². The number of fused-ring (bicyclic) bond motifs is 2. The fourth-order valence-corrected chi connectivity index (χ4v) is 3.06. The first-order chi connectivity index (χ1) is 13.0. The number of carboxylic acid groups (broad SMARTS) is 1. The molecule has 7 nitrogen and oxygen atoms in total. The van der Waals surface area contributed by atoms with Crippen LogP contribution in [0.5, 0.6) is 11.5 Å². The number of carbonyl (C=O) groups is 2. The van der Waals surface area contributed by atoms with E-state index in [9.17, 15) is 14.7 Å². The second-order valence-corrected chi connectivity index (χ2v) is 6.06. The van der Waals surface area contributed by atoms with Gasteiger partial charge in [-0.25, -0.2) is 4.79 Å². The smallest absolute Gasteiger partial charge is 0.376 e. The fourth-order valence-electron chi connectivity index (χ4n) is 3.06. The van der Waals surface area contributed by atoms with E-state index in [4.69, 9.17) is 14.6 Å². The lowest BCUT2D eigenvalue weighted by atomic mass is 10.2. The average Bonchev–Trinajstić information content (AvgIpc) is 3.25. The predicted molar refractivity (Wildman–Crippen MR) is 96.9 cm³/mol. The highest BCUT2D eigenvalue weighted by Gasteiger charge is 2.20. The summed E-state index contributed by atoms with van der Waals surface area (Å²) in [6.45, 7) is 0.560. The van der Waals surface area contributed by atoms with E-state index < -0.39 is 17.5 Å². The maximum atomic E-state index is 11.5. The molecule has 0 atom stereocenters. The Hall–Kier alpha value is -3.74. The number of aliphatic carboxylic acids is 1. The van der Waals surface area contributed by atoms with Crippen molar-refractivity contribution in [2.24, 2.45) is 0 Å². The number of nitrogens with zero attached hydrogens (tertiary/aromatic N) is 1. The third-order valence-corrected chi connectivity index (χ3v) is 4.32. The zero-order chi connectivity index (χ0) is 19.0. The summed E-state index contributed by atoms with van der Waals surface area (Å²) in [5, 5.41) is 20.0. The molecule has 0 aliphatic carbocycles. The van der Waals surface area contributed by atoms with Crippen LogP contribution in [0.15, 0.2) is 54.6 Å². The van der Waals surface area contributed by atoms with E-state index in [2.05, 4.69) is 0 Å². The summed E-state index contributed by atoms with van der Waals surface area (Å²) in [5.74, 6) is -2.06. The minimum atomic E-state index is -1.63. The van der Waals surface area contributed by atoms with E-state index in [-0.39, 0.29) is 6.79 Å². The number of benzene rings is 2. The van der Waals surface area contributed by atoms with Crippen molar-refractivity contribution in [3.63, 3.8) is 0 Å². The lowest BCUT2D eigenvalue weighted by Crippen LogP contribution is -2.11. The number of hydrogen-bond acceptors (Lipinski definition) is 5. The zero-order valence-electron chi connectivity index (χ0n) is 14.1. The van der Waals surface area contributed by atoms with Gasteiger partial charge in [-0.2, -0.15) is 0 Å². The molecule has 1 aromatic heterocycles. The van der Waals surface area contributed by atoms with Gasteiger partial charge in [0.25, 0.3) is 5.78 Å². The minimum Gasteiger partial charge on any atom is -0.506 e. The second-order valence-electron chi connectivity index (χ2n) is 6.06. The van der Waals surface area contributed by atoms with Crippen LogP contribution in [0.2, 0.25) is 0 Å². The maximum Gasteiger partial charge on any atom is 0.376 e. The molecule has 0 radical (unpaired) electrons. The summed E-state index contributed by atoms with van der Waals surface area (Å²) >= 11 is 0. The molecule has 1 aliphatic rings. The standard InChI is InChI=1S/C20H15NO6/c22-16(9-17(23)20(24)25)15-6-13-7-18-19(27-11-26-18)8-14(13)21(15)10-12-4-2-1-3-5-12/h1-9,22H,10-11H2,(H,24,25). The monoisotopic (exact) mass is 365 g/mol. The Morgan fingerprint density at radius 3 is 2.44 bits per heavy atom. The van der Waals surface area contributed by atoms with E-state index in [0.717, 1.165) is 16.5 Å². The van der Waals surface area contributed by atoms with Gasteiger partial charge in [-0.15, -0.1) is 0 Å². The van der Waals surface area contributed by atoms with Crippen LogP contribution >= 0.6 is 0 Å². The summed E-state index contributed by atoms with van der Waals surface area (Å²) < 4.78 is 12.6. The topological polar surface area (TPSA) is 98.0 Å². The summed E-state index contributed by atoms with van der Waals surface area (Å²) in [5.41, 5.74) is 2.07. The van der Waals surface area contributed by atoms with Crippen LogP contribution in [0, 0.1) is 0 Å². The van der Waals surface area contributed by atoms with Gasteiger partial charge in [-0.05, 0) is 17.7 Å². The Kier molecular flexibility index (Phi) is 4.04. The van der Waals surface area contributed by atoms with Crippen molar-refractivity contribution < 1.29 is 29.3 Å². The Labute approximate surface area is 153 Å². The molecular weight excluding hydrogens is 350 g/mol. The Morgan fingerprint density at radius 1 is 1.04 bits per heavy atom. The highest BCUT2D eigenvalue weighted by molar-refractivity contribution is 6.38. The van der Waals surface area contributed by atoms with Crippen LogP contribution in [-0.4, -0.2) is 33.3 Å². The quantitative estimate of drug-likeness (QED) is 0.410. The van der Waals surface area contributed by atoms with Crippen LogP contribution in [0.3, 0.4) is 0 Å². The summed E-state index contributed by atoms with van der Waals surface area (Å²) in [6.07, 6.45) is 0.707.